The molecule has 1 aliphatic rings. The van der Waals surface area contributed by atoms with E-state index in [0.29, 0.717) is 5.56 Å². The summed E-state index contributed by atoms with van der Waals surface area (Å²) in [4.78, 5) is 13.3. The quantitative estimate of drug-likeness (QED) is 0.867. The summed E-state index contributed by atoms with van der Waals surface area (Å²) in [7, 11) is 0. The maximum Gasteiger partial charge on any atom is 0.246 e. The molecule has 0 radical (unpaired) electrons. The Labute approximate surface area is 145 Å². The summed E-state index contributed by atoms with van der Waals surface area (Å²) in [5, 5.41) is 14.0. The third kappa shape index (κ3) is 2.80. The zero-order valence-corrected chi connectivity index (χ0v) is 13.7. The minimum absolute atomic E-state index is 0.267. The molecule has 0 aromatic heterocycles. The van der Waals surface area contributed by atoms with Crippen molar-refractivity contribution in [3.8, 4) is 6.07 Å². The van der Waals surface area contributed by atoms with Crippen LogP contribution in [-0.4, -0.2) is 5.91 Å². The van der Waals surface area contributed by atoms with Crippen LogP contribution in [0.5, 0.6) is 0 Å². The molecule has 0 saturated carbocycles. The molecule has 1 aliphatic heterocycles. The highest BCUT2D eigenvalue weighted by molar-refractivity contribution is 8.03. The van der Waals surface area contributed by atoms with E-state index in [2.05, 4.69) is 18.0 Å². The van der Waals surface area contributed by atoms with Crippen molar-refractivity contribution in [3.05, 3.63) is 90.0 Å². The number of para-hydroxylation sites is 1. The molecule has 118 valence electrons. The van der Waals surface area contributed by atoms with Crippen LogP contribution in [0.4, 0.5) is 5.69 Å². The van der Waals surface area contributed by atoms with Gasteiger partial charge in [0.25, 0.3) is 0 Å². The molecule has 0 fully saturated rings. The molecule has 5 heteroatoms. The number of rotatable bonds is 4. The highest BCUT2D eigenvalue weighted by Crippen LogP contribution is 2.45. The van der Waals surface area contributed by atoms with Crippen molar-refractivity contribution in [3.63, 3.8) is 0 Å². The second-order valence-corrected chi connectivity index (χ2v) is 6.23. The van der Waals surface area contributed by atoms with Crippen LogP contribution in [0.3, 0.4) is 0 Å². The molecule has 4 nitrogen and oxygen atoms in total. The molecule has 1 atom stereocenters. The number of carbonyl (C=O) groups is 1. The Hall–Kier alpha value is -2.97. The number of anilines is 1. The minimum atomic E-state index is -0.819. The van der Waals surface area contributed by atoms with Crippen molar-refractivity contribution in [2.24, 2.45) is 0 Å². The van der Waals surface area contributed by atoms with Gasteiger partial charge in [-0.1, -0.05) is 48.7 Å². The highest BCUT2D eigenvalue weighted by Gasteiger charge is 2.42. The standard InChI is InChI=1S/C19H15N3OS/c1-2-18(23)21-19(16-10-8-15(14-20)9-11-16)22(12-13-24-19)17-6-4-3-5-7-17/h2-13H,1H2,(H,21,23). The van der Waals surface area contributed by atoms with Crippen LogP contribution in [0, 0.1) is 11.3 Å². The molecule has 24 heavy (non-hydrogen) atoms. The summed E-state index contributed by atoms with van der Waals surface area (Å²) in [6.45, 7) is 3.55. The lowest BCUT2D eigenvalue weighted by atomic mass is 10.1. The molecule has 1 unspecified atom stereocenters. The van der Waals surface area contributed by atoms with Gasteiger partial charge in [0, 0.05) is 17.5 Å². The number of amides is 1. The Balaban J connectivity index is 2.10. The van der Waals surface area contributed by atoms with Gasteiger partial charge in [-0.25, -0.2) is 0 Å². The van der Waals surface area contributed by atoms with Crippen molar-refractivity contribution in [1.82, 2.24) is 5.32 Å². The van der Waals surface area contributed by atoms with Crippen LogP contribution in [0.15, 0.2) is 78.9 Å². The number of nitrogens with one attached hydrogen (secondary N) is 1. The van der Waals surface area contributed by atoms with E-state index in [9.17, 15) is 4.79 Å². The Bertz CT molecular complexity index is 824. The van der Waals surface area contributed by atoms with Gasteiger partial charge in [0.1, 0.15) is 0 Å². The molecule has 1 N–H and O–H groups in total. The summed E-state index contributed by atoms with van der Waals surface area (Å²) in [6.07, 6.45) is 3.19. The van der Waals surface area contributed by atoms with Gasteiger partial charge in [-0.3, -0.25) is 4.79 Å². The van der Waals surface area contributed by atoms with E-state index in [4.69, 9.17) is 5.26 Å². The second kappa shape index (κ2) is 6.65. The smallest absolute Gasteiger partial charge is 0.246 e. The Morgan fingerprint density at radius 3 is 2.54 bits per heavy atom. The van der Waals surface area contributed by atoms with E-state index >= 15 is 0 Å². The largest absolute Gasteiger partial charge is 0.317 e. The predicted octanol–water partition coefficient (Wildman–Crippen LogP) is 3.70. The fourth-order valence-corrected chi connectivity index (χ4v) is 3.66. The number of nitrogens with zero attached hydrogens (tertiary/aromatic N) is 2. The van der Waals surface area contributed by atoms with Crippen molar-refractivity contribution in [2.45, 2.75) is 4.99 Å². The normalized spacial score (nSPS) is 18.9. The summed E-state index contributed by atoms with van der Waals surface area (Å²) in [5.41, 5.74) is 2.40. The molecule has 2 aromatic rings. The van der Waals surface area contributed by atoms with Crippen LogP contribution in [0.1, 0.15) is 11.1 Å². The average Bonchev–Trinajstić information content (AvgIpc) is 3.07. The molecule has 3 rings (SSSR count). The Kier molecular flexibility index (Phi) is 4.41. The van der Waals surface area contributed by atoms with E-state index < -0.39 is 4.99 Å². The van der Waals surface area contributed by atoms with E-state index in [1.54, 1.807) is 12.1 Å². The molecular formula is C19H15N3OS. The number of benzene rings is 2. The first-order chi connectivity index (χ1) is 11.7. The van der Waals surface area contributed by atoms with Crippen LogP contribution < -0.4 is 10.2 Å². The van der Waals surface area contributed by atoms with Gasteiger partial charge >= 0.3 is 0 Å². The van der Waals surface area contributed by atoms with Gasteiger partial charge in [-0.2, -0.15) is 5.26 Å². The Morgan fingerprint density at radius 1 is 1.21 bits per heavy atom. The number of hydrogen-bond acceptors (Lipinski definition) is 4. The highest BCUT2D eigenvalue weighted by atomic mass is 32.2. The zero-order valence-electron chi connectivity index (χ0n) is 12.8. The molecular weight excluding hydrogens is 318 g/mol. The van der Waals surface area contributed by atoms with Crippen molar-refractivity contribution in [1.29, 1.82) is 5.26 Å². The predicted molar refractivity (Wildman–Crippen MR) is 96.8 cm³/mol. The second-order valence-electron chi connectivity index (χ2n) is 5.14. The lowest BCUT2D eigenvalue weighted by molar-refractivity contribution is -0.117. The molecule has 0 bridgehead atoms. The molecule has 0 saturated heterocycles. The fraction of sp³-hybridized carbons (Fsp3) is 0.0526. The monoisotopic (exact) mass is 333 g/mol. The third-order valence-electron chi connectivity index (χ3n) is 3.71. The Morgan fingerprint density at radius 2 is 1.92 bits per heavy atom. The van der Waals surface area contributed by atoms with E-state index in [-0.39, 0.29) is 5.91 Å². The van der Waals surface area contributed by atoms with Gasteiger partial charge in [0.05, 0.1) is 11.6 Å². The number of thioether (sulfide) groups is 1. The van der Waals surface area contributed by atoms with Crippen LogP contribution >= 0.6 is 11.8 Å². The summed E-state index contributed by atoms with van der Waals surface area (Å²) in [6, 6.07) is 19.1. The lowest BCUT2D eigenvalue weighted by Gasteiger charge is -2.39. The topological polar surface area (TPSA) is 56.1 Å². The minimum Gasteiger partial charge on any atom is -0.317 e. The maximum atomic E-state index is 12.1. The van der Waals surface area contributed by atoms with Crippen molar-refractivity contribution >= 4 is 23.4 Å². The van der Waals surface area contributed by atoms with Crippen LogP contribution in [-0.2, 0) is 9.79 Å². The first kappa shape index (κ1) is 15.9. The maximum absolute atomic E-state index is 12.1. The molecule has 0 spiro atoms. The van der Waals surface area contributed by atoms with Gasteiger partial charge < -0.3 is 10.2 Å². The lowest BCUT2D eigenvalue weighted by Crippen LogP contribution is -2.52. The molecule has 0 aliphatic carbocycles. The van der Waals surface area contributed by atoms with E-state index in [1.807, 2.05) is 59.0 Å². The van der Waals surface area contributed by atoms with E-state index in [1.165, 1.54) is 17.8 Å². The first-order valence-electron chi connectivity index (χ1n) is 7.34. The molecule has 1 heterocycles. The number of hydrogen-bond donors (Lipinski definition) is 1. The van der Waals surface area contributed by atoms with Crippen LogP contribution in [0.25, 0.3) is 0 Å². The van der Waals surface area contributed by atoms with E-state index in [0.717, 1.165) is 11.3 Å². The van der Waals surface area contributed by atoms with Gasteiger partial charge in [0.15, 0.2) is 4.99 Å². The van der Waals surface area contributed by atoms with Gasteiger partial charge in [-0.05, 0) is 35.7 Å². The third-order valence-corrected chi connectivity index (χ3v) is 4.84. The van der Waals surface area contributed by atoms with Crippen LogP contribution in [0.2, 0.25) is 0 Å². The summed E-state index contributed by atoms with van der Waals surface area (Å²) < 4.78 is 0. The summed E-state index contributed by atoms with van der Waals surface area (Å²) in [5.74, 6) is -0.267. The molecule has 2 aromatic carbocycles. The van der Waals surface area contributed by atoms with Gasteiger partial charge in [0.2, 0.25) is 5.91 Å². The zero-order chi connectivity index (χ0) is 17.0. The average molecular weight is 333 g/mol. The fourth-order valence-electron chi connectivity index (χ4n) is 2.57. The molecule has 1 amide bonds. The van der Waals surface area contributed by atoms with Crippen molar-refractivity contribution < 1.29 is 4.79 Å². The number of carbonyl (C=O) groups excluding carboxylic acids is 1. The van der Waals surface area contributed by atoms with Gasteiger partial charge in [-0.15, -0.1) is 0 Å². The number of nitriles is 1. The summed E-state index contributed by atoms with van der Waals surface area (Å²) >= 11 is 1.49. The SMILES string of the molecule is C=CC(=O)NC1(c2ccc(C#N)cc2)SC=CN1c1ccccc1. The first-order valence-corrected chi connectivity index (χ1v) is 8.21. The van der Waals surface area contributed by atoms with Crippen molar-refractivity contribution in [2.75, 3.05) is 4.90 Å².